The van der Waals surface area contributed by atoms with E-state index in [4.69, 9.17) is 14.2 Å². The number of rotatable bonds is 5. The molecule has 28 heavy (non-hydrogen) atoms. The summed E-state index contributed by atoms with van der Waals surface area (Å²) in [5.41, 5.74) is 0.888. The first-order valence-corrected chi connectivity index (χ1v) is 8.74. The molecule has 0 aliphatic carbocycles. The zero-order chi connectivity index (χ0) is 19.9. The van der Waals surface area contributed by atoms with Gasteiger partial charge in [-0.15, -0.1) is 0 Å². The number of carbonyl (C=O) groups is 3. The molecular weight excluding hydrogens is 364 g/mol. The van der Waals surface area contributed by atoms with Crippen LogP contribution in [0.3, 0.4) is 0 Å². The summed E-state index contributed by atoms with van der Waals surface area (Å²) in [4.78, 5) is 36.1. The number of hydrogen-bond donors (Lipinski definition) is 2. The Morgan fingerprint density at radius 2 is 1.75 bits per heavy atom. The summed E-state index contributed by atoms with van der Waals surface area (Å²) in [6.07, 6.45) is -2.16. The fraction of sp³-hybridized carbons (Fsp3) is 0.250. The average molecular weight is 384 g/mol. The zero-order valence-electron chi connectivity index (χ0n) is 15.2. The van der Waals surface area contributed by atoms with Gasteiger partial charge in [0.1, 0.15) is 6.61 Å². The van der Waals surface area contributed by atoms with E-state index in [0.29, 0.717) is 11.5 Å². The second-order valence-electron chi connectivity index (χ2n) is 6.10. The van der Waals surface area contributed by atoms with E-state index in [1.54, 1.807) is 24.3 Å². The average Bonchev–Trinajstić information content (AvgIpc) is 2.72. The highest BCUT2D eigenvalue weighted by molar-refractivity contribution is 5.97. The van der Waals surface area contributed by atoms with E-state index in [1.165, 1.54) is 6.92 Å². The minimum Gasteiger partial charge on any atom is -0.485 e. The van der Waals surface area contributed by atoms with Gasteiger partial charge >= 0.3 is 12.0 Å². The maximum absolute atomic E-state index is 12.2. The number of benzene rings is 2. The van der Waals surface area contributed by atoms with Gasteiger partial charge in [0.05, 0.1) is 0 Å². The summed E-state index contributed by atoms with van der Waals surface area (Å²) in [6.45, 7) is 1.61. The van der Waals surface area contributed by atoms with Gasteiger partial charge in [-0.25, -0.2) is 9.59 Å². The molecule has 2 aromatic rings. The van der Waals surface area contributed by atoms with Crippen molar-refractivity contribution in [2.75, 3.05) is 6.61 Å². The molecule has 2 aromatic carbocycles. The molecule has 0 spiro atoms. The molecule has 0 saturated heterocycles. The van der Waals surface area contributed by atoms with Crippen LogP contribution >= 0.6 is 0 Å². The molecule has 2 atom stereocenters. The third-order valence-electron chi connectivity index (χ3n) is 3.97. The van der Waals surface area contributed by atoms with Gasteiger partial charge in [0.15, 0.2) is 17.6 Å². The van der Waals surface area contributed by atoms with Crippen molar-refractivity contribution >= 4 is 17.9 Å². The molecule has 2 N–H and O–H groups in total. The van der Waals surface area contributed by atoms with Gasteiger partial charge < -0.3 is 19.5 Å². The van der Waals surface area contributed by atoms with Gasteiger partial charge in [0, 0.05) is 6.54 Å². The van der Waals surface area contributed by atoms with E-state index >= 15 is 0 Å². The normalized spacial score (nSPS) is 15.8. The van der Waals surface area contributed by atoms with Crippen LogP contribution in [0.25, 0.3) is 0 Å². The van der Waals surface area contributed by atoms with Crippen LogP contribution in [0.15, 0.2) is 54.6 Å². The van der Waals surface area contributed by atoms with E-state index < -0.39 is 30.1 Å². The zero-order valence-corrected chi connectivity index (χ0v) is 15.2. The lowest BCUT2D eigenvalue weighted by atomic mass is 10.2. The first kappa shape index (κ1) is 19.2. The van der Waals surface area contributed by atoms with Crippen LogP contribution < -0.4 is 20.1 Å². The van der Waals surface area contributed by atoms with E-state index in [-0.39, 0.29) is 13.2 Å². The predicted octanol–water partition coefficient (Wildman–Crippen LogP) is 1.78. The maximum atomic E-state index is 12.2. The summed E-state index contributed by atoms with van der Waals surface area (Å²) < 4.78 is 16.1. The lowest BCUT2D eigenvalue weighted by molar-refractivity contribution is -0.163. The van der Waals surface area contributed by atoms with Gasteiger partial charge in [0.25, 0.3) is 5.91 Å². The minimum absolute atomic E-state index is 0.0260. The molecule has 0 radical (unpaired) electrons. The lowest BCUT2D eigenvalue weighted by Gasteiger charge is -2.25. The molecule has 146 valence electrons. The SMILES string of the molecule is C[C@@H](OC(=O)[C@H]1COc2ccccc2O1)C(=O)NC(=O)NCc1ccccc1. The highest BCUT2D eigenvalue weighted by Gasteiger charge is 2.31. The third-order valence-corrected chi connectivity index (χ3v) is 3.97. The fourth-order valence-electron chi connectivity index (χ4n) is 2.48. The Labute approximate surface area is 161 Å². The van der Waals surface area contributed by atoms with E-state index in [0.717, 1.165) is 5.56 Å². The van der Waals surface area contributed by atoms with Crippen LogP contribution in [-0.4, -0.2) is 36.7 Å². The Bertz CT molecular complexity index is 855. The Balaban J connectivity index is 1.44. The summed E-state index contributed by atoms with van der Waals surface area (Å²) in [5.74, 6) is -0.529. The molecule has 8 heteroatoms. The van der Waals surface area contributed by atoms with Crippen molar-refractivity contribution in [3.63, 3.8) is 0 Å². The van der Waals surface area contributed by atoms with Crippen molar-refractivity contribution in [3.05, 3.63) is 60.2 Å². The largest absolute Gasteiger partial charge is 0.485 e. The van der Waals surface area contributed by atoms with Gasteiger partial charge in [-0.3, -0.25) is 10.1 Å². The molecule has 1 heterocycles. The molecule has 0 fully saturated rings. The number of para-hydroxylation sites is 2. The number of imide groups is 1. The molecule has 1 aliphatic heterocycles. The quantitative estimate of drug-likeness (QED) is 0.762. The van der Waals surface area contributed by atoms with Crippen molar-refractivity contribution < 1.29 is 28.6 Å². The molecule has 1 aliphatic rings. The van der Waals surface area contributed by atoms with Crippen molar-refractivity contribution in [2.45, 2.75) is 25.7 Å². The van der Waals surface area contributed by atoms with Crippen LogP contribution in [0.5, 0.6) is 11.5 Å². The number of fused-ring (bicyclic) bond motifs is 1. The van der Waals surface area contributed by atoms with Crippen LogP contribution in [0.4, 0.5) is 4.79 Å². The number of carbonyl (C=O) groups excluding carboxylic acids is 3. The molecular formula is C20H20N2O6. The van der Waals surface area contributed by atoms with Crippen LogP contribution in [0.1, 0.15) is 12.5 Å². The van der Waals surface area contributed by atoms with Crippen LogP contribution in [0, 0.1) is 0 Å². The van der Waals surface area contributed by atoms with Gasteiger partial charge in [0.2, 0.25) is 6.10 Å². The summed E-state index contributed by atoms with van der Waals surface area (Å²) in [7, 11) is 0. The minimum atomic E-state index is -1.17. The molecule has 0 saturated carbocycles. The summed E-state index contributed by atoms with van der Waals surface area (Å²) in [5, 5.41) is 4.69. The third kappa shape index (κ3) is 5.00. The Morgan fingerprint density at radius 1 is 1.07 bits per heavy atom. The Hall–Kier alpha value is -3.55. The van der Waals surface area contributed by atoms with E-state index in [1.807, 2.05) is 30.3 Å². The predicted molar refractivity (Wildman–Crippen MR) is 98.7 cm³/mol. The first-order valence-electron chi connectivity index (χ1n) is 8.74. The first-order chi connectivity index (χ1) is 13.5. The number of nitrogens with one attached hydrogen (secondary N) is 2. The molecule has 3 amide bonds. The monoisotopic (exact) mass is 384 g/mol. The summed E-state index contributed by atoms with van der Waals surface area (Å²) in [6, 6.07) is 15.5. The number of urea groups is 1. The second-order valence-corrected chi connectivity index (χ2v) is 6.10. The number of ether oxygens (including phenoxy) is 3. The summed E-state index contributed by atoms with van der Waals surface area (Å²) >= 11 is 0. The topological polar surface area (TPSA) is 103 Å². The molecule has 0 unspecified atom stereocenters. The number of hydrogen-bond acceptors (Lipinski definition) is 6. The highest BCUT2D eigenvalue weighted by Crippen LogP contribution is 2.31. The molecule has 0 aromatic heterocycles. The fourth-order valence-corrected chi connectivity index (χ4v) is 2.48. The standard InChI is InChI=1S/C20H20N2O6/c1-13(18(23)22-20(25)21-11-14-7-3-2-4-8-14)27-19(24)17-12-26-15-9-5-6-10-16(15)28-17/h2-10,13,17H,11-12H2,1H3,(H2,21,22,23,25)/t13-,17-/m1/s1. The van der Waals surface area contributed by atoms with Crippen molar-refractivity contribution in [1.82, 2.24) is 10.6 Å². The lowest BCUT2D eigenvalue weighted by Crippen LogP contribution is -2.46. The van der Waals surface area contributed by atoms with Gasteiger partial charge in [-0.1, -0.05) is 42.5 Å². The number of amides is 3. The van der Waals surface area contributed by atoms with E-state index in [2.05, 4.69) is 10.6 Å². The van der Waals surface area contributed by atoms with Crippen LogP contribution in [-0.2, 0) is 20.9 Å². The van der Waals surface area contributed by atoms with Crippen molar-refractivity contribution in [2.24, 2.45) is 0 Å². The highest BCUT2D eigenvalue weighted by atomic mass is 16.6. The maximum Gasteiger partial charge on any atom is 0.351 e. The Kier molecular flexibility index (Phi) is 6.11. The van der Waals surface area contributed by atoms with Gasteiger partial charge in [-0.2, -0.15) is 0 Å². The molecule has 0 bridgehead atoms. The second kappa shape index (κ2) is 8.90. The van der Waals surface area contributed by atoms with Gasteiger partial charge in [-0.05, 0) is 24.6 Å². The smallest absolute Gasteiger partial charge is 0.351 e. The Morgan fingerprint density at radius 3 is 2.50 bits per heavy atom. The van der Waals surface area contributed by atoms with Crippen LogP contribution in [0.2, 0.25) is 0 Å². The van der Waals surface area contributed by atoms with Crippen molar-refractivity contribution in [3.8, 4) is 11.5 Å². The van der Waals surface area contributed by atoms with E-state index in [9.17, 15) is 14.4 Å². The molecule has 8 nitrogen and oxygen atoms in total. The number of esters is 1. The molecule has 3 rings (SSSR count). The van der Waals surface area contributed by atoms with Crippen molar-refractivity contribution in [1.29, 1.82) is 0 Å².